The van der Waals surface area contributed by atoms with Gasteiger partial charge in [-0.05, 0) is 30.9 Å². The van der Waals surface area contributed by atoms with E-state index in [4.69, 9.17) is 16.3 Å². The molecule has 3 nitrogen and oxygen atoms in total. The summed E-state index contributed by atoms with van der Waals surface area (Å²) in [6.07, 6.45) is 6.27. The van der Waals surface area contributed by atoms with Crippen molar-refractivity contribution in [1.82, 2.24) is 4.98 Å². The molecule has 1 fully saturated rings. The van der Waals surface area contributed by atoms with E-state index >= 15 is 0 Å². The summed E-state index contributed by atoms with van der Waals surface area (Å²) in [5, 5.41) is 0.548. The van der Waals surface area contributed by atoms with Crippen LogP contribution in [0.3, 0.4) is 0 Å². The number of hydrogen-bond donors (Lipinski definition) is 0. The monoisotopic (exact) mass is 239 g/mol. The van der Waals surface area contributed by atoms with Gasteiger partial charge in [0.25, 0.3) is 0 Å². The van der Waals surface area contributed by atoms with Crippen molar-refractivity contribution < 1.29 is 9.53 Å². The second kappa shape index (κ2) is 5.41. The fourth-order valence-corrected chi connectivity index (χ4v) is 2.03. The zero-order chi connectivity index (χ0) is 11.4. The molecule has 1 aromatic heterocycles. The molecule has 2 heterocycles. The summed E-state index contributed by atoms with van der Waals surface area (Å²) in [6, 6.07) is 1.78. The normalized spacial score (nSPS) is 20.7. The summed E-state index contributed by atoms with van der Waals surface area (Å²) < 4.78 is 5.44. The van der Waals surface area contributed by atoms with Gasteiger partial charge in [0, 0.05) is 25.4 Å². The number of hydrogen-bond acceptors (Lipinski definition) is 3. The molecule has 86 valence electrons. The number of carbonyl (C=O) groups excluding carboxylic acids is 1. The van der Waals surface area contributed by atoms with Gasteiger partial charge in [-0.2, -0.15) is 0 Å². The van der Waals surface area contributed by atoms with Gasteiger partial charge in [0.1, 0.15) is 6.10 Å². The van der Waals surface area contributed by atoms with Crippen molar-refractivity contribution in [1.29, 1.82) is 0 Å². The summed E-state index contributed by atoms with van der Waals surface area (Å²) in [4.78, 5) is 15.8. The number of ketones is 1. The van der Waals surface area contributed by atoms with Crippen LogP contribution in [0.15, 0.2) is 18.5 Å². The van der Waals surface area contributed by atoms with Gasteiger partial charge in [0.15, 0.2) is 5.78 Å². The van der Waals surface area contributed by atoms with Crippen LogP contribution in [0.5, 0.6) is 0 Å². The Bertz CT molecular complexity index is 375. The first-order valence-electron chi connectivity index (χ1n) is 5.50. The number of Topliss-reactive ketones (excluding diaryl/α,β-unsaturated/α-hetero) is 1. The molecule has 0 amide bonds. The summed E-state index contributed by atoms with van der Waals surface area (Å²) in [5.74, 6) is 0.118. The molecular weight excluding hydrogens is 226 g/mol. The molecule has 16 heavy (non-hydrogen) atoms. The summed E-state index contributed by atoms with van der Waals surface area (Å²) in [7, 11) is 0. The molecule has 0 radical (unpaired) electrons. The predicted molar refractivity (Wildman–Crippen MR) is 61.5 cm³/mol. The molecule has 0 spiro atoms. The second-order valence-electron chi connectivity index (χ2n) is 3.97. The fourth-order valence-electron chi connectivity index (χ4n) is 1.84. The Morgan fingerprint density at radius 3 is 3.12 bits per heavy atom. The molecule has 1 aromatic rings. The minimum Gasteiger partial charge on any atom is -0.370 e. The molecule has 1 aliphatic rings. The number of ether oxygens (including phenoxy) is 1. The van der Waals surface area contributed by atoms with Crippen molar-refractivity contribution in [2.75, 3.05) is 6.61 Å². The first-order chi connectivity index (χ1) is 7.77. The number of pyridine rings is 1. The van der Waals surface area contributed by atoms with Crippen LogP contribution in [0.1, 0.15) is 24.8 Å². The molecule has 0 bridgehead atoms. The highest BCUT2D eigenvalue weighted by atomic mass is 35.5. The topological polar surface area (TPSA) is 39.2 Å². The summed E-state index contributed by atoms with van der Waals surface area (Å²) in [6.45, 7) is 0.695. The van der Waals surface area contributed by atoms with Crippen LogP contribution >= 0.6 is 11.6 Å². The van der Waals surface area contributed by atoms with Gasteiger partial charge in [0.2, 0.25) is 0 Å². The van der Waals surface area contributed by atoms with Crippen LogP contribution in [-0.4, -0.2) is 23.5 Å². The quantitative estimate of drug-likeness (QED) is 0.813. The van der Waals surface area contributed by atoms with Gasteiger partial charge in [-0.1, -0.05) is 11.6 Å². The van der Waals surface area contributed by atoms with Crippen LogP contribution in [0, 0.1) is 0 Å². The Morgan fingerprint density at radius 2 is 2.44 bits per heavy atom. The van der Waals surface area contributed by atoms with Crippen molar-refractivity contribution in [3.63, 3.8) is 0 Å². The Balaban J connectivity index is 1.99. The van der Waals surface area contributed by atoms with Crippen LogP contribution < -0.4 is 0 Å². The lowest BCUT2D eigenvalue weighted by atomic mass is 10.0. The summed E-state index contributed by atoms with van der Waals surface area (Å²) >= 11 is 5.95. The Labute approximate surface area is 99.8 Å². The molecule has 1 unspecified atom stereocenters. The maximum absolute atomic E-state index is 11.9. The van der Waals surface area contributed by atoms with Crippen molar-refractivity contribution in [2.45, 2.75) is 31.8 Å². The largest absolute Gasteiger partial charge is 0.370 e. The average molecular weight is 240 g/mol. The Morgan fingerprint density at radius 1 is 1.56 bits per heavy atom. The standard InChI is InChI=1S/C12H14ClNO2/c13-10-8-14-5-4-9(10)7-11(15)12-3-1-2-6-16-12/h4-5,8,12H,1-3,6-7H2. The fraction of sp³-hybridized carbons (Fsp3) is 0.500. The lowest BCUT2D eigenvalue weighted by Gasteiger charge is -2.21. The van der Waals surface area contributed by atoms with Crippen molar-refractivity contribution in [2.24, 2.45) is 0 Å². The van der Waals surface area contributed by atoms with E-state index in [0.29, 0.717) is 18.1 Å². The molecule has 4 heteroatoms. The van der Waals surface area contributed by atoms with E-state index in [1.54, 1.807) is 18.5 Å². The van der Waals surface area contributed by atoms with E-state index in [1.807, 2.05) is 0 Å². The lowest BCUT2D eigenvalue weighted by molar-refractivity contribution is -0.132. The third-order valence-corrected chi connectivity index (χ3v) is 3.10. The van der Waals surface area contributed by atoms with Crippen molar-refractivity contribution >= 4 is 17.4 Å². The third-order valence-electron chi connectivity index (χ3n) is 2.76. The van der Waals surface area contributed by atoms with E-state index < -0.39 is 0 Å². The molecule has 0 aromatic carbocycles. The summed E-state index contributed by atoms with van der Waals surface area (Å²) in [5.41, 5.74) is 0.829. The van der Waals surface area contributed by atoms with E-state index in [0.717, 1.165) is 24.8 Å². The van der Waals surface area contributed by atoms with Gasteiger partial charge in [-0.25, -0.2) is 0 Å². The number of rotatable bonds is 3. The minimum atomic E-state index is -0.238. The van der Waals surface area contributed by atoms with Crippen LogP contribution in [0.2, 0.25) is 5.02 Å². The van der Waals surface area contributed by atoms with E-state index in [-0.39, 0.29) is 11.9 Å². The van der Waals surface area contributed by atoms with Crippen LogP contribution in [-0.2, 0) is 16.0 Å². The molecule has 1 saturated heterocycles. The van der Waals surface area contributed by atoms with Crippen molar-refractivity contribution in [3.8, 4) is 0 Å². The molecule has 1 atom stereocenters. The van der Waals surface area contributed by atoms with Gasteiger partial charge in [-0.15, -0.1) is 0 Å². The zero-order valence-corrected chi connectivity index (χ0v) is 9.74. The minimum absolute atomic E-state index is 0.118. The molecule has 0 saturated carbocycles. The van der Waals surface area contributed by atoms with Crippen molar-refractivity contribution in [3.05, 3.63) is 29.0 Å². The first kappa shape index (κ1) is 11.6. The Kier molecular flexibility index (Phi) is 3.91. The number of nitrogens with zero attached hydrogens (tertiary/aromatic N) is 1. The van der Waals surface area contributed by atoms with Gasteiger partial charge in [-0.3, -0.25) is 9.78 Å². The van der Waals surface area contributed by atoms with E-state index in [1.165, 1.54) is 0 Å². The second-order valence-corrected chi connectivity index (χ2v) is 4.37. The molecule has 0 N–H and O–H groups in total. The maximum atomic E-state index is 11.9. The van der Waals surface area contributed by atoms with Gasteiger partial charge >= 0.3 is 0 Å². The number of carbonyl (C=O) groups is 1. The molecule has 1 aliphatic heterocycles. The number of halogens is 1. The lowest BCUT2D eigenvalue weighted by Crippen LogP contribution is -2.29. The SMILES string of the molecule is O=C(Cc1ccncc1Cl)C1CCCCO1. The number of aromatic nitrogens is 1. The first-order valence-corrected chi connectivity index (χ1v) is 5.88. The average Bonchev–Trinajstić information content (AvgIpc) is 2.33. The van der Waals surface area contributed by atoms with E-state index in [2.05, 4.69) is 4.98 Å². The van der Waals surface area contributed by atoms with Gasteiger partial charge < -0.3 is 4.74 Å². The molecular formula is C12H14ClNO2. The maximum Gasteiger partial charge on any atom is 0.165 e. The zero-order valence-electron chi connectivity index (χ0n) is 8.99. The van der Waals surface area contributed by atoms with Gasteiger partial charge in [0.05, 0.1) is 5.02 Å². The van der Waals surface area contributed by atoms with E-state index in [9.17, 15) is 4.79 Å². The third kappa shape index (κ3) is 2.80. The highest BCUT2D eigenvalue weighted by Gasteiger charge is 2.22. The van der Waals surface area contributed by atoms with Crippen LogP contribution in [0.4, 0.5) is 0 Å². The predicted octanol–water partition coefficient (Wildman–Crippen LogP) is 2.42. The molecule has 2 rings (SSSR count). The molecule has 0 aliphatic carbocycles. The highest BCUT2D eigenvalue weighted by Crippen LogP contribution is 2.19. The highest BCUT2D eigenvalue weighted by molar-refractivity contribution is 6.31. The smallest absolute Gasteiger partial charge is 0.165 e. The van der Waals surface area contributed by atoms with Crippen LogP contribution in [0.25, 0.3) is 0 Å². The Hall–Kier alpha value is -0.930.